The van der Waals surface area contributed by atoms with Crippen molar-refractivity contribution in [2.24, 2.45) is 0 Å². The number of aliphatic hydroxyl groups is 1. The van der Waals surface area contributed by atoms with Crippen LogP contribution in [0.25, 0.3) is 17.0 Å². The highest BCUT2D eigenvalue weighted by Gasteiger charge is 2.06. The minimum Gasteiger partial charge on any atom is -0.390 e. The van der Waals surface area contributed by atoms with Gasteiger partial charge in [-0.3, -0.25) is 4.98 Å². The quantitative estimate of drug-likeness (QED) is 0.715. The van der Waals surface area contributed by atoms with Crippen LogP contribution in [-0.4, -0.2) is 24.7 Å². The fourth-order valence-electron chi connectivity index (χ4n) is 1.68. The van der Waals surface area contributed by atoms with Gasteiger partial charge in [0.05, 0.1) is 24.2 Å². The van der Waals surface area contributed by atoms with Crippen molar-refractivity contribution in [2.45, 2.75) is 6.61 Å². The summed E-state index contributed by atoms with van der Waals surface area (Å²) in [6.45, 7) is -0.0835. The molecule has 0 radical (unpaired) electrons. The van der Waals surface area contributed by atoms with E-state index in [0.717, 1.165) is 11.4 Å². The molecule has 0 aliphatic heterocycles. The fourth-order valence-corrected chi connectivity index (χ4v) is 1.68. The molecule has 0 unspecified atom stereocenters. The van der Waals surface area contributed by atoms with E-state index in [1.54, 1.807) is 16.9 Å². The van der Waals surface area contributed by atoms with Crippen LogP contribution in [-0.2, 0) is 6.61 Å². The maximum atomic E-state index is 9.17. The Morgan fingerprint density at radius 1 is 1.06 bits per heavy atom. The fraction of sp³-hybridized carbons (Fsp3) is 0.0833. The minimum absolute atomic E-state index is 0.0835. The molecule has 0 saturated heterocycles. The summed E-state index contributed by atoms with van der Waals surface area (Å²) in [6, 6.07) is 9.39. The lowest BCUT2D eigenvalue weighted by Crippen LogP contribution is -1.99. The number of hydrogen-bond donors (Lipinski definition) is 1. The molecular formula is C12H10N4O. The van der Waals surface area contributed by atoms with Crippen LogP contribution in [0.2, 0.25) is 0 Å². The van der Waals surface area contributed by atoms with E-state index in [9.17, 15) is 0 Å². The van der Waals surface area contributed by atoms with Crippen LogP contribution in [0.3, 0.4) is 0 Å². The Morgan fingerprint density at radius 2 is 2.00 bits per heavy atom. The van der Waals surface area contributed by atoms with Crippen molar-refractivity contribution in [1.82, 2.24) is 19.6 Å². The van der Waals surface area contributed by atoms with Gasteiger partial charge in [0, 0.05) is 6.20 Å². The topological polar surface area (TPSA) is 63.3 Å². The van der Waals surface area contributed by atoms with Crippen molar-refractivity contribution >= 4 is 5.65 Å². The Morgan fingerprint density at radius 3 is 2.76 bits per heavy atom. The van der Waals surface area contributed by atoms with Gasteiger partial charge < -0.3 is 5.11 Å². The van der Waals surface area contributed by atoms with Crippen LogP contribution in [0, 0.1) is 0 Å². The van der Waals surface area contributed by atoms with Crippen LogP contribution in [0.1, 0.15) is 5.69 Å². The smallest absolute Gasteiger partial charge is 0.153 e. The molecule has 0 bridgehead atoms. The summed E-state index contributed by atoms with van der Waals surface area (Å²) in [5.74, 6) is 0. The van der Waals surface area contributed by atoms with Crippen molar-refractivity contribution in [3.63, 3.8) is 0 Å². The van der Waals surface area contributed by atoms with Gasteiger partial charge in [-0.2, -0.15) is 5.10 Å². The maximum Gasteiger partial charge on any atom is 0.153 e. The van der Waals surface area contributed by atoms with Gasteiger partial charge in [0.15, 0.2) is 5.65 Å². The molecule has 0 amide bonds. The molecule has 17 heavy (non-hydrogen) atoms. The minimum atomic E-state index is -0.0835. The largest absolute Gasteiger partial charge is 0.390 e. The van der Waals surface area contributed by atoms with Crippen molar-refractivity contribution in [3.8, 4) is 11.4 Å². The Balaban J connectivity index is 2.19. The first-order valence-corrected chi connectivity index (χ1v) is 5.24. The van der Waals surface area contributed by atoms with Gasteiger partial charge in [0.25, 0.3) is 0 Å². The van der Waals surface area contributed by atoms with E-state index < -0.39 is 0 Å². The van der Waals surface area contributed by atoms with E-state index in [0.29, 0.717) is 11.3 Å². The predicted molar refractivity (Wildman–Crippen MR) is 62.1 cm³/mol. The molecular weight excluding hydrogens is 216 g/mol. The first-order valence-electron chi connectivity index (χ1n) is 5.24. The third-order valence-electron chi connectivity index (χ3n) is 2.52. The molecule has 0 spiro atoms. The SMILES string of the molecule is OCc1cnc2ccc(-c3ccccn3)nn12. The summed E-state index contributed by atoms with van der Waals surface area (Å²) in [5, 5.41) is 13.6. The molecule has 0 aliphatic rings. The van der Waals surface area contributed by atoms with Gasteiger partial charge in [0.1, 0.15) is 5.69 Å². The van der Waals surface area contributed by atoms with Crippen LogP contribution in [0.15, 0.2) is 42.7 Å². The van der Waals surface area contributed by atoms with Gasteiger partial charge in [0.2, 0.25) is 0 Å². The molecule has 0 saturated carbocycles. The van der Waals surface area contributed by atoms with Gasteiger partial charge in [-0.25, -0.2) is 9.50 Å². The maximum absolute atomic E-state index is 9.17. The highest BCUT2D eigenvalue weighted by Crippen LogP contribution is 2.14. The predicted octanol–water partition coefficient (Wildman–Crippen LogP) is 1.28. The zero-order chi connectivity index (χ0) is 11.7. The molecule has 3 heterocycles. The Kier molecular flexibility index (Phi) is 2.31. The average molecular weight is 226 g/mol. The first kappa shape index (κ1) is 9.92. The number of nitrogens with zero attached hydrogens (tertiary/aromatic N) is 4. The second-order valence-electron chi connectivity index (χ2n) is 3.61. The number of pyridine rings is 1. The number of aliphatic hydroxyl groups excluding tert-OH is 1. The number of rotatable bonds is 2. The summed E-state index contributed by atoms with van der Waals surface area (Å²) < 4.78 is 1.63. The van der Waals surface area contributed by atoms with Crippen molar-refractivity contribution in [2.75, 3.05) is 0 Å². The molecule has 0 atom stereocenters. The number of hydrogen-bond acceptors (Lipinski definition) is 4. The van der Waals surface area contributed by atoms with Gasteiger partial charge in [-0.05, 0) is 24.3 Å². The molecule has 1 N–H and O–H groups in total. The summed E-state index contributed by atoms with van der Waals surface area (Å²) in [7, 11) is 0. The van der Waals surface area contributed by atoms with E-state index >= 15 is 0 Å². The molecule has 5 heteroatoms. The van der Waals surface area contributed by atoms with Crippen LogP contribution in [0.5, 0.6) is 0 Å². The lowest BCUT2D eigenvalue weighted by molar-refractivity contribution is 0.274. The number of aromatic nitrogens is 4. The summed E-state index contributed by atoms with van der Waals surface area (Å²) in [6.07, 6.45) is 3.34. The normalized spacial score (nSPS) is 10.9. The van der Waals surface area contributed by atoms with E-state index in [-0.39, 0.29) is 6.61 Å². The third kappa shape index (κ3) is 1.66. The second-order valence-corrected chi connectivity index (χ2v) is 3.61. The Hall–Kier alpha value is -2.27. The molecule has 0 aliphatic carbocycles. The van der Waals surface area contributed by atoms with E-state index in [2.05, 4.69) is 15.1 Å². The summed E-state index contributed by atoms with van der Waals surface area (Å²) >= 11 is 0. The van der Waals surface area contributed by atoms with Gasteiger partial charge in [-0.15, -0.1) is 0 Å². The standard InChI is InChI=1S/C12H10N4O/c17-8-9-7-14-12-5-4-11(15-16(9)12)10-3-1-2-6-13-10/h1-7,17H,8H2. The first-order chi connectivity index (χ1) is 8.38. The Labute approximate surface area is 97.4 Å². The lowest BCUT2D eigenvalue weighted by atomic mass is 10.2. The summed E-state index contributed by atoms with van der Waals surface area (Å²) in [5.41, 5.74) is 2.93. The van der Waals surface area contributed by atoms with Crippen molar-refractivity contribution in [3.05, 3.63) is 48.4 Å². The zero-order valence-corrected chi connectivity index (χ0v) is 8.98. The molecule has 0 aromatic carbocycles. The molecule has 3 aromatic rings. The lowest BCUT2D eigenvalue weighted by Gasteiger charge is -2.01. The average Bonchev–Trinajstić information content (AvgIpc) is 2.81. The van der Waals surface area contributed by atoms with E-state index in [4.69, 9.17) is 5.11 Å². The highest BCUT2D eigenvalue weighted by atomic mass is 16.3. The third-order valence-corrected chi connectivity index (χ3v) is 2.52. The molecule has 5 nitrogen and oxygen atoms in total. The van der Waals surface area contributed by atoms with Gasteiger partial charge in [-0.1, -0.05) is 6.07 Å². The molecule has 3 aromatic heterocycles. The van der Waals surface area contributed by atoms with Crippen molar-refractivity contribution in [1.29, 1.82) is 0 Å². The monoisotopic (exact) mass is 226 g/mol. The van der Waals surface area contributed by atoms with Gasteiger partial charge >= 0.3 is 0 Å². The second kappa shape index (κ2) is 3.95. The molecule has 0 fully saturated rings. The van der Waals surface area contributed by atoms with E-state index in [1.165, 1.54) is 0 Å². The zero-order valence-electron chi connectivity index (χ0n) is 8.98. The van der Waals surface area contributed by atoms with Crippen molar-refractivity contribution < 1.29 is 5.11 Å². The van der Waals surface area contributed by atoms with E-state index in [1.807, 2.05) is 30.3 Å². The van der Waals surface area contributed by atoms with Crippen LogP contribution < -0.4 is 0 Å². The van der Waals surface area contributed by atoms with Crippen LogP contribution >= 0.6 is 0 Å². The number of imidazole rings is 1. The highest BCUT2D eigenvalue weighted by molar-refractivity contribution is 5.55. The molecule has 3 rings (SSSR count). The van der Waals surface area contributed by atoms with Crippen LogP contribution in [0.4, 0.5) is 0 Å². The number of fused-ring (bicyclic) bond motifs is 1. The summed E-state index contributed by atoms with van der Waals surface area (Å²) in [4.78, 5) is 8.38. The Bertz CT molecular complexity index is 648. The molecule has 84 valence electrons.